The number of nitrogens with zero attached hydrogens (tertiary/aromatic N) is 1. The van der Waals surface area contributed by atoms with Crippen LogP contribution in [0.25, 0.3) is 0 Å². The average Bonchev–Trinajstić information content (AvgIpc) is 1.94. The van der Waals surface area contributed by atoms with Gasteiger partial charge in [-0.3, -0.25) is 10.4 Å². The minimum atomic E-state index is 0.0466. The molecule has 1 aliphatic rings. The Bertz CT molecular complexity index is 240. The van der Waals surface area contributed by atoms with Gasteiger partial charge < -0.3 is 0 Å². The Labute approximate surface area is 71.5 Å². The first kappa shape index (κ1) is 8.47. The van der Waals surface area contributed by atoms with Crippen LogP contribution in [0.3, 0.4) is 0 Å². The molecule has 0 aromatic carbocycles. The third kappa shape index (κ3) is 1.69. The minimum absolute atomic E-state index is 0.0466. The lowest BCUT2D eigenvalue weighted by molar-refractivity contribution is 0.704. The molecule has 0 bridgehead atoms. The molecule has 0 fully saturated rings. The molecule has 0 unspecified atom stereocenters. The fourth-order valence-corrected chi connectivity index (χ4v) is 1.24. The van der Waals surface area contributed by atoms with Gasteiger partial charge in [-0.05, 0) is 24.8 Å². The Morgan fingerprint density at radius 1 is 1.82 bits per heavy atom. The number of aliphatic imine (C=N–C) groups is 1. The predicted molar refractivity (Wildman–Crippen MR) is 48.6 cm³/mol. The molecule has 0 aromatic heterocycles. The van der Waals surface area contributed by atoms with Gasteiger partial charge in [-0.15, -0.1) is 0 Å². The normalized spacial score (nSPS) is 24.1. The minimum Gasteiger partial charge on any atom is -0.287 e. The van der Waals surface area contributed by atoms with Gasteiger partial charge in [0.1, 0.15) is 5.17 Å². The summed E-state index contributed by atoms with van der Waals surface area (Å²) in [7, 11) is 0. The zero-order valence-corrected chi connectivity index (χ0v) is 7.44. The molecule has 0 aliphatic carbocycles. The summed E-state index contributed by atoms with van der Waals surface area (Å²) >= 11 is 5.53. The van der Waals surface area contributed by atoms with Crippen molar-refractivity contribution >= 4 is 23.0 Å². The van der Waals surface area contributed by atoms with E-state index in [0.29, 0.717) is 11.6 Å². The van der Waals surface area contributed by atoms with Gasteiger partial charge in [0.15, 0.2) is 0 Å². The fraction of sp³-hybridized carbons (Fsp3) is 0.500. The van der Waals surface area contributed by atoms with Crippen LogP contribution in [0.1, 0.15) is 20.3 Å². The molecule has 3 heteroatoms. The number of hydrogen-bond acceptors (Lipinski definition) is 2. The van der Waals surface area contributed by atoms with Gasteiger partial charge in [-0.25, -0.2) is 0 Å². The first-order valence-corrected chi connectivity index (χ1v) is 3.98. The van der Waals surface area contributed by atoms with Crippen LogP contribution in [0.5, 0.6) is 0 Å². The molecule has 1 heterocycles. The molecule has 60 valence electrons. The molecular formula is C8H11ClN2. The monoisotopic (exact) mass is 170 g/mol. The highest BCUT2D eigenvalue weighted by molar-refractivity contribution is 6.68. The zero-order valence-electron chi connectivity index (χ0n) is 6.69. The van der Waals surface area contributed by atoms with E-state index in [-0.39, 0.29) is 5.17 Å². The SMILES string of the molecule is CC1=C(C(=N)Cl)N=CC[C@@H]1C. The van der Waals surface area contributed by atoms with Gasteiger partial charge in [0.05, 0.1) is 5.70 Å². The first-order chi connectivity index (χ1) is 5.13. The van der Waals surface area contributed by atoms with Gasteiger partial charge in [0, 0.05) is 6.21 Å². The van der Waals surface area contributed by atoms with E-state index in [2.05, 4.69) is 11.9 Å². The molecule has 0 saturated carbocycles. The summed E-state index contributed by atoms with van der Waals surface area (Å²) in [6, 6.07) is 0. The number of nitrogens with one attached hydrogen (secondary N) is 1. The maximum Gasteiger partial charge on any atom is 0.146 e. The quantitative estimate of drug-likeness (QED) is 0.588. The Hall–Kier alpha value is -0.630. The molecule has 1 N–H and O–H groups in total. The van der Waals surface area contributed by atoms with Gasteiger partial charge in [-0.1, -0.05) is 18.5 Å². The van der Waals surface area contributed by atoms with Gasteiger partial charge in [0.2, 0.25) is 0 Å². The summed E-state index contributed by atoms with van der Waals surface area (Å²) in [5, 5.41) is 7.25. The van der Waals surface area contributed by atoms with E-state index in [1.54, 1.807) is 0 Å². The van der Waals surface area contributed by atoms with Gasteiger partial charge in [-0.2, -0.15) is 0 Å². The number of rotatable bonds is 1. The molecule has 0 spiro atoms. The summed E-state index contributed by atoms with van der Waals surface area (Å²) < 4.78 is 0. The Kier molecular flexibility index (Phi) is 2.45. The summed E-state index contributed by atoms with van der Waals surface area (Å²) in [5.74, 6) is 0.474. The smallest absolute Gasteiger partial charge is 0.146 e. The van der Waals surface area contributed by atoms with Crippen molar-refractivity contribution < 1.29 is 0 Å². The van der Waals surface area contributed by atoms with Crippen molar-refractivity contribution in [2.24, 2.45) is 10.9 Å². The standard InChI is InChI=1S/C8H11ClN2/c1-5-3-4-11-7(6(5)2)8(9)10/h4-5,10H,3H2,1-2H3/t5-/m0/s1. The van der Waals surface area contributed by atoms with Crippen molar-refractivity contribution in [2.45, 2.75) is 20.3 Å². The van der Waals surface area contributed by atoms with E-state index in [1.807, 2.05) is 13.1 Å². The van der Waals surface area contributed by atoms with E-state index in [1.165, 1.54) is 0 Å². The molecule has 0 radical (unpaired) electrons. The summed E-state index contributed by atoms with van der Waals surface area (Å²) in [4.78, 5) is 4.06. The third-order valence-electron chi connectivity index (χ3n) is 2.00. The number of allylic oxidation sites excluding steroid dienone is 2. The molecule has 0 amide bonds. The Balaban J connectivity index is 2.98. The first-order valence-electron chi connectivity index (χ1n) is 3.60. The second-order valence-electron chi connectivity index (χ2n) is 2.79. The zero-order chi connectivity index (χ0) is 8.43. The average molecular weight is 171 g/mol. The van der Waals surface area contributed by atoms with E-state index in [9.17, 15) is 0 Å². The molecule has 1 rings (SSSR count). The summed E-state index contributed by atoms with van der Waals surface area (Å²) in [6.45, 7) is 4.09. The van der Waals surface area contributed by atoms with Crippen LogP contribution in [0.15, 0.2) is 16.3 Å². The summed E-state index contributed by atoms with van der Waals surface area (Å²) in [6.07, 6.45) is 2.78. The predicted octanol–water partition coefficient (Wildman–Crippen LogP) is 2.59. The maximum absolute atomic E-state index is 7.20. The lowest BCUT2D eigenvalue weighted by Crippen LogP contribution is -2.08. The number of hydrogen-bond donors (Lipinski definition) is 1. The fourth-order valence-electron chi connectivity index (χ4n) is 1.04. The highest BCUT2D eigenvalue weighted by Gasteiger charge is 2.14. The largest absolute Gasteiger partial charge is 0.287 e. The molecule has 11 heavy (non-hydrogen) atoms. The highest BCUT2D eigenvalue weighted by Crippen LogP contribution is 2.23. The maximum atomic E-state index is 7.20. The topological polar surface area (TPSA) is 36.2 Å². The van der Waals surface area contributed by atoms with Gasteiger partial charge in [0.25, 0.3) is 0 Å². The Morgan fingerprint density at radius 3 is 2.91 bits per heavy atom. The van der Waals surface area contributed by atoms with Crippen molar-refractivity contribution in [1.82, 2.24) is 0 Å². The third-order valence-corrected chi connectivity index (χ3v) is 2.18. The van der Waals surface area contributed by atoms with Crippen LogP contribution < -0.4 is 0 Å². The van der Waals surface area contributed by atoms with Crippen LogP contribution in [0.4, 0.5) is 0 Å². The lowest BCUT2D eigenvalue weighted by atomic mass is 9.96. The molecule has 0 aromatic rings. The van der Waals surface area contributed by atoms with Gasteiger partial charge >= 0.3 is 0 Å². The second kappa shape index (κ2) is 3.18. The molecule has 1 aliphatic heterocycles. The van der Waals surface area contributed by atoms with Crippen LogP contribution in [-0.4, -0.2) is 11.4 Å². The van der Waals surface area contributed by atoms with Crippen molar-refractivity contribution in [3.63, 3.8) is 0 Å². The molecule has 2 nitrogen and oxygen atoms in total. The van der Waals surface area contributed by atoms with Crippen molar-refractivity contribution in [3.8, 4) is 0 Å². The van der Waals surface area contributed by atoms with E-state index >= 15 is 0 Å². The second-order valence-corrected chi connectivity index (χ2v) is 3.17. The lowest BCUT2D eigenvalue weighted by Gasteiger charge is -2.16. The summed E-state index contributed by atoms with van der Waals surface area (Å²) in [5.41, 5.74) is 1.76. The van der Waals surface area contributed by atoms with Crippen molar-refractivity contribution in [3.05, 3.63) is 11.3 Å². The van der Waals surface area contributed by atoms with Crippen LogP contribution in [0.2, 0.25) is 0 Å². The van der Waals surface area contributed by atoms with E-state index in [4.69, 9.17) is 17.0 Å². The highest BCUT2D eigenvalue weighted by atomic mass is 35.5. The molecular weight excluding hydrogens is 160 g/mol. The number of halogens is 1. The molecule has 0 saturated heterocycles. The van der Waals surface area contributed by atoms with Crippen LogP contribution in [-0.2, 0) is 0 Å². The molecule has 1 atom stereocenters. The van der Waals surface area contributed by atoms with Crippen LogP contribution in [0, 0.1) is 11.3 Å². The Morgan fingerprint density at radius 2 is 2.45 bits per heavy atom. The van der Waals surface area contributed by atoms with Crippen molar-refractivity contribution in [2.75, 3.05) is 0 Å². The van der Waals surface area contributed by atoms with Crippen molar-refractivity contribution in [1.29, 1.82) is 5.41 Å². The van der Waals surface area contributed by atoms with E-state index < -0.39 is 0 Å². The van der Waals surface area contributed by atoms with E-state index in [0.717, 1.165) is 12.0 Å². The van der Waals surface area contributed by atoms with Crippen LogP contribution >= 0.6 is 11.6 Å².